The van der Waals surface area contributed by atoms with Gasteiger partial charge in [-0.05, 0) is 56.9 Å². The summed E-state index contributed by atoms with van der Waals surface area (Å²) in [6, 6.07) is 7.87. The predicted molar refractivity (Wildman–Crippen MR) is 132 cm³/mol. The maximum absolute atomic E-state index is 12.8. The van der Waals surface area contributed by atoms with Crippen LogP contribution >= 0.6 is 11.3 Å². The molecule has 1 fully saturated rings. The average Bonchev–Trinajstić information content (AvgIpc) is 2.97. The summed E-state index contributed by atoms with van der Waals surface area (Å²) in [5.41, 5.74) is 2.09. The number of hydrogen-bond acceptors (Lipinski definition) is 6. The van der Waals surface area contributed by atoms with Crippen LogP contribution in [-0.4, -0.2) is 59.0 Å². The number of carbonyl (C=O) groups is 1. The predicted octanol–water partition coefficient (Wildman–Crippen LogP) is 3.84. The van der Waals surface area contributed by atoms with Gasteiger partial charge >= 0.3 is 0 Å². The Morgan fingerprint density at radius 2 is 1.94 bits per heavy atom. The molecule has 1 aliphatic rings. The topological polar surface area (TPSA) is 78.5 Å². The van der Waals surface area contributed by atoms with Crippen molar-refractivity contribution in [1.29, 1.82) is 0 Å². The van der Waals surface area contributed by atoms with E-state index >= 15 is 0 Å². The van der Waals surface area contributed by atoms with Crippen molar-refractivity contribution in [3.8, 4) is 5.75 Å². The van der Waals surface area contributed by atoms with Crippen molar-refractivity contribution in [3.05, 3.63) is 56.4 Å². The lowest BCUT2D eigenvalue weighted by molar-refractivity contribution is -0.131. The van der Waals surface area contributed by atoms with Gasteiger partial charge in [0.15, 0.2) is 0 Å². The van der Waals surface area contributed by atoms with Gasteiger partial charge in [-0.2, -0.15) is 0 Å². The second-order valence-electron chi connectivity index (χ2n) is 8.71. The maximum atomic E-state index is 12.8. The van der Waals surface area contributed by atoms with Crippen molar-refractivity contribution in [2.45, 2.75) is 46.1 Å². The lowest BCUT2D eigenvalue weighted by atomic mass is 10.1. The number of H-pyrrole nitrogens is 1. The fourth-order valence-corrected chi connectivity index (χ4v) is 5.45. The number of fused-ring (bicyclic) bond motifs is 1. The molecule has 33 heavy (non-hydrogen) atoms. The molecule has 0 radical (unpaired) electrons. The number of nitrogens with one attached hydrogen (secondary N) is 1. The number of nitrogens with zero attached hydrogens (tertiary/aromatic N) is 3. The van der Waals surface area contributed by atoms with E-state index in [-0.39, 0.29) is 17.5 Å². The summed E-state index contributed by atoms with van der Waals surface area (Å²) in [4.78, 5) is 39.6. The highest BCUT2D eigenvalue weighted by atomic mass is 32.1. The van der Waals surface area contributed by atoms with Crippen LogP contribution in [0.5, 0.6) is 5.75 Å². The summed E-state index contributed by atoms with van der Waals surface area (Å²) in [5.74, 6) is 1.72. The number of aryl methyl sites for hydroxylation is 3. The fraction of sp³-hybridized carbons (Fsp3) is 0.480. The van der Waals surface area contributed by atoms with E-state index < -0.39 is 0 Å². The van der Waals surface area contributed by atoms with Gasteiger partial charge in [0.05, 0.1) is 18.5 Å². The summed E-state index contributed by atoms with van der Waals surface area (Å²) in [6.07, 6.45) is 2.14. The van der Waals surface area contributed by atoms with Crippen molar-refractivity contribution in [1.82, 2.24) is 19.8 Å². The Morgan fingerprint density at radius 3 is 2.67 bits per heavy atom. The summed E-state index contributed by atoms with van der Waals surface area (Å²) < 4.78 is 5.20. The van der Waals surface area contributed by atoms with E-state index in [0.717, 1.165) is 59.1 Å². The van der Waals surface area contributed by atoms with E-state index in [0.29, 0.717) is 24.2 Å². The molecule has 3 aromatic rings. The minimum absolute atomic E-state index is 0.0147. The molecule has 1 amide bonds. The monoisotopic (exact) mass is 468 g/mol. The van der Waals surface area contributed by atoms with Crippen LogP contribution in [0.4, 0.5) is 0 Å². The number of carbonyl (C=O) groups excluding carboxylic acids is 1. The van der Waals surface area contributed by atoms with Crippen molar-refractivity contribution >= 4 is 27.5 Å². The van der Waals surface area contributed by atoms with Gasteiger partial charge in [-0.25, -0.2) is 4.98 Å². The first-order chi connectivity index (χ1) is 15.9. The first-order valence-corrected chi connectivity index (χ1v) is 12.3. The Bertz CT molecular complexity index is 1180. The molecule has 3 heterocycles. The number of ether oxygens (including phenoxy) is 1. The van der Waals surface area contributed by atoms with Gasteiger partial charge in [0.25, 0.3) is 5.56 Å². The molecular formula is C25H32N4O3S. The molecule has 1 saturated heterocycles. The highest BCUT2D eigenvalue weighted by Crippen LogP contribution is 2.27. The van der Waals surface area contributed by atoms with E-state index in [4.69, 9.17) is 9.72 Å². The molecule has 0 aliphatic carbocycles. The second-order valence-corrected chi connectivity index (χ2v) is 9.91. The fourth-order valence-electron chi connectivity index (χ4n) is 4.42. The first-order valence-electron chi connectivity index (χ1n) is 11.5. The molecule has 1 aromatic carbocycles. The van der Waals surface area contributed by atoms with Crippen LogP contribution in [-0.2, 0) is 11.2 Å². The van der Waals surface area contributed by atoms with Crippen molar-refractivity contribution in [3.63, 3.8) is 0 Å². The maximum Gasteiger partial charge on any atom is 0.259 e. The zero-order chi connectivity index (χ0) is 23.5. The van der Waals surface area contributed by atoms with Crippen LogP contribution < -0.4 is 10.3 Å². The Morgan fingerprint density at radius 1 is 1.18 bits per heavy atom. The summed E-state index contributed by atoms with van der Waals surface area (Å²) >= 11 is 1.58. The molecular weight excluding hydrogens is 436 g/mol. The third kappa shape index (κ3) is 5.12. The highest BCUT2D eigenvalue weighted by molar-refractivity contribution is 7.18. The summed E-state index contributed by atoms with van der Waals surface area (Å²) in [5, 5.41) is 0.706. The Labute approximate surface area is 198 Å². The van der Waals surface area contributed by atoms with Crippen LogP contribution in [0.25, 0.3) is 10.2 Å². The smallest absolute Gasteiger partial charge is 0.259 e. The number of benzene rings is 1. The van der Waals surface area contributed by atoms with E-state index in [2.05, 4.69) is 16.8 Å². The van der Waals surface area contributed by atoms with Crippen LogP contribution in [0, 0.1) is 13.8 Å². The standard InChI is InChI=1S/C25H32N4O3S/c1-16-18(3)33-25-22(16)24(31)26-23(27-25)17(2)28-12-5-13-29(15-14-28)21(30)11-8-19-6-9-20(32-4)10-7-19/h6-7,9-10,17H,5,8,11-15H2,1-4H3,(H,26,27,31). The van der Waals surface area contributed by atoms with E-state index in [9.17, 15) is 9.59 Å². The van der Waals surface area contributed by atoms with Crippen LogP contribution in [0.1, 0.15) is 47.6 Å². The second kappa shape index (κ2) is 10.1. The Kier molecular flexibility index (Phi) is 7.14. The molecule has 0 saturated carbocycles. The zero-order valence-electron chi connectivity index (χ0n) is 19.8. The van der Waals surface area contributed by atoms with E-state index in [1.807, 2.05) is 43.0 Å². The molecule has 8 heteroatoms. The van der Waals surface area contributed by atoms with Crippen molar-refractivity contribution in [2.24, 2.45) is 0 Å². The molecule has 1 N–H and O–H groups in total. The van der Waals surface area contributed by atoms with E-state index in [1.54, 1.807) is 18.4 Å². The third-order valence-electron chi connectivity index (χ3n) is 6.67. The largest absolute Gasteiger partial charge is 0.497 e. The molecule has 1 aliphatic heterocycles. The molecule has 7 nitrogen and oxygen atoms in total. The van der Waals surface area contributed by atoms with Gasteiger partial charge in [0.1, 0.15) is 16.4 Å². The molecule has 2 aromatic heterocycles. The van der Waals surface area contributed by atoms with Gasteiger partial charge in [0.2, 0.25) is 5.91 Å². The molecule has 0 spiro atoms. The molecule has 0 bridgehead atoms. The number of aromatic nitrogens is 2. The van der Waals surface area contributed by atoms with E-state index in [1.165, 1.54) is 0 Å². The van der Waals surface area contributed by atoms with Gasteiger partial charge in [-0.1, -0.05) is 12.1 Å². The molecule has 176 valence electrons. The minimum Gasteiger partial charge on any atom is -0.497 e. The molecule has 1 unspecified atom stereocenters. The van der Waals surface area contributed by atoms with Gasteiger partial charge < -0.3 is 14.6 Å². The van der Waals surface area contributed by atoms with Crippen molar-refractivity contribution < 1.29 is 9.53 Å². The SMILES string of the molecule is COc1ccc(CCC(=O)N2CCCN(C(C)c3nc4sc(C)c(C)c4c(=O)[nH]3)CC2)cc1. The third-order valence-corrected chi connectivity index (χ3v) is 7.77. The van der Waals surface area contributed by atoms with Crippen LogP contribution in [0.2, 0.25) is 0 Å². The number of hydrogen-bond donors (Lipinski definition) is 1. The lowest BCUT2D eigenvalue weighted by Gasteiger charge is -2.27. The Hall–Kier alpha value is -2.71. The van der Waals surface area contributed by atoms with Crippen molar-refractivity contribution in [2.75, 3.05) is 33.3 Å². The molecule has 4 rings (SSSR count). The zero-order valence-corrected chi connectivity index (χ0v) is 20.6. The number of methoxy groups -OCH3 is 1. The number of thiophene rings is 1. The number of aromatic amines is 1. The van der Waals surface area contributed by atoms with Gasteiger partial charge in [-0.3, -0.25) is 14.5 Å². The summed E-state index contributed by atoms with van der Waals surface area (Å²) in [7, 11) is 1.65. The Balaban J connectivity index is 1.37. The summed E-state index contributed by atoms with van der Waals surface area (Å²) in [6.45, 7) is 9.17. The average molecular weight is 469 g/mol. The lowest BCUT2D eigenvalue weighted by Crippen LogP contribution is -2.36. The first kappa shape index (κ1) is 23.4. The quantitative estimate of drug-likeness (QED) is 0.595. The molecule has 1 atom stereocenters. The minimum atomic E-state index is -0.0612. The number of rotatable bonds is 6. The normalized spacial score (nSPS) is 16.1. The van der Waals surface area contributed by atoms with Crippen LogP contribution in [0.3, 0.4) is 0 Å². The van der Waals surface area contributed by atoms with Gasteiger partial charge in [0, 0.05) is 37.5 Å². The highest BCUT2D eigenvalue weighted by Gasteiger charge is 2.25. The van der Waals surface area contributed by atoms with Crippen LogP contribution in [0.15, 0.2) is 29.1 Å². The number of amides is 1. The van der Waals surface area contributed by atoms with Gasteiger partial charge in [-0.15, -0.1) is 11.3 Å².